The zero-order chi connectivity index (χ0) is 13.7. The molecule has 0 amide bonds. The number of hydrogen-bond donors (Lipinski definition) is 2. The number of hydrogen-bond acceptors (Lipinski definition) is 2. The van der Waals surface area contributed by atoms with E-state index in [4.69, 9.17) is 11.6 Å². The van der Waals surface area contributed by atoms with Gasteiger partial charge in [0, 0.05) is 17.6 Å². The highest BCUT2D eigenvalue weighted by atomic mass is 79.9. The van der Waals surface area contributed by atoms with Crippen molar-refractivity contribution in [3.8, 4) is 0 Å². The van der Waals surface area contributed by atoms with E-state index in [2.05, 4.69) is 27.3 Å². The van der Waals surface area contributed by atoms with Crippen molar-refractivity contribution in [1.82, 2.24) is 5.32 Å². The first-order valence-electron chi connectivity index (χ1n) is 6.96. The Bertz CT molecular complexity index is 413. The molecule has 2 unspecified atom stereocenters. The molecule has 106 valence electrons. The van der Waals surface area contributed by atoms with Crippen LogP contribution in [0.2, 0.25) is 5.02 Å². The lowest BCUT2D eigenvalue weighted by Crippen LogP contribution is -2.32. The predicted octanol–water partition coefficient (Wildman–Crippen LogP) is 3.99. The third-order valence-electron chi connectivity index (χ3n) is 4.02. The van der Waals surface area contributed by atoms with Gasteiger partial charge in [0.1, 0.15) is 0 Å². The average Bonchev–Trinajstić information content (AvgIpc) is 2.43. The topological polar surface area (TPSA) is 32.3 Å². The standard InChI is InChI=1S/C15H21BrClNO/c16-14-6-5-11(7-15(14)17)8-18-9-12-3-1-2-4-13(12)10-19/h5-7,12-13,18-19H,1-4,8-10H2. The predicted molar refractivity (Wildman–Crippen MR) is 83.4 cm³/mol. The van der Waals surface area contributed by atoms with Crippen molar-refractivity contribution in [2.45, 2.75) is 32.2 Å². The summed E-state index contributed by atoms with van der Waals surface area (Å²) in [6, 6.07) is 6.05. The fourth-order valence-electron chi connectivity index (χ4n) is 2.85. The van der Waals surface area contributed by atoms with E-state index in [-0.39, 0.29) is 0 Å². The van der Waals surface area contributed by atoms with Gasteiger partial charge < -0.3 is 10.4 Å². The van der Waals surface area contributed by atoms with E-state index >= 15 is 0 Å². The average molecular weight is 347 g/mol. The number of halogens is 2. The Morgan fingerprint density at radius 3 is 2.68 bits per heavy atom. The Hall–Kier alpha value is -0.0900. The molecule has 0 bridgehead atoms. The maximum atomic E-state index is 9.39. The molecular formula is C15H21BrClNO. The molecule has 19 heavy (non-hydrogen) atoms. The zero-order valence-corrected chi connectivity index (χ0v) is 13.4. The summed E-state index contributed by atoms with van der Waals surface area (Å²) < 4.78 is 0.936. The van der Waals surface area contributed by atoms with E-state index in [0.29, 0.717) is 18.4 Å². The van der Waals surface area contributed by atoms with E-state index < -0.39 is 0 Å². The molecular weight excluding hydrogens is 326 g/mol. The molecule has 1 saturated carbocycles. The molecule has 1 aliphatic rings. The van der Waals surface area contributed by atoms with Gasteiger partial charge in [-0.05, 0) is 64.8 Å². The molecule has 2 atom stereocenters. The molecule has 0 radical (unpaired) electrons. The van der Waals surface area contributed by atoms with Crippen molar-refractivity contribution in [2.24, 2.45) is 11.8 Å². The highest BCUT2D eigenvalue weighted by molar-refractivity contribution is 9.10. The van der Waals surface area contributed by atoms with Gasteiger partial charge in [-0.25, -0.2) is 0 Å². The van der Waals surface area contributed by atoms with Gasteiger partial charge in [-0.15, -0.1) is 0 Å². The van der Waals surface area contributed by atoms with E-state index in [9.17, 15) is 5.11 Å². The van der Waals surface area contributed by atoms with E-state index in [1.165, 1.54) is 31.2 Å². The minimum atomic E-state index is 0.330. The molecule has 1 aromatic rings. The molecule has 0 saturated heterocycles. The van der Waals surface area contributed by atoms with Gasteiger partial charge in [-0.1, -0.05) is 30.5 Å². The molecule has 0 aromatic heterocycles. The maximum Gasteiger partial charge on any atom is 0.0551 e. The summed E-state index contributed by atoms with van der Waals surface area (Å²) >= 11 is 9.48. The Kier molecular flexibility index (Phi) is 6.14. The van der Waals surface area contributed by atoms with Crippen LogP contribution < -0.4 is 5.32 Å². The third-order valence-corrected chi connectivity index (χ3v) is 5.25. The van der Waals surface area contributed by atoms with Crippen LogP contribution in [0.3, 0.4) is 0 Å². The molecule has 1 fully saturated rings. The molecule has 2 nitrogen and oxygen atoms in total. The minimum Gasteiger partial charge on any atom is -0.396 e. The van der Waals surface area contributed by atoms with Crippen molar-refractivity contribution < 1.29 is 5.11 Å². The van der Waals surface area contributed by atoms with Crippen LogP contribution >= 0.6 is 27.5 Å². The molecule has 0 spiro atoms. The van der Waals surface area contributed by atoms with Gasteiger partial charge in [0.15, 0.2) is 0 Å². The second-order valence-corrected chi connectivity index (χ2v) is 6.63. The zero-order valence-electron chi connectivity index (χ0n) is 11.0. The van der Waals surface area contributed by atoms with Crippen LogP contribution in [-0.4, -0.2) is 18.3 Å². The Morgan fingerprint density at radius 1 is 1.26 bits per heavy atom. The van der Waals surface area contributed by atoms with E-state index in [0.717, 1.165) is 22.6 Å². The molecule has 2 N–H and O–H groups in total. The van der Waals surface area contributed by atoms with Crippen LogP contribution in [0.5, 0.6) is 0 Å². The molecule has 2 rings (SSSR count). The number of aliphatic hydroxyl groups is 1. The summed E-state index contributed by atoms with van der Waals surface area (Å²) in [5, 5.41) is 13.6. The highest BCUT2D eigenvalue weighted by Crippen LogP contribution is 2.29. The van der Waals surface area contributed by atoms with Gasteiger partial charge in [0.05, 0.1) is 5.02 Å². The first kappa shape index (κ1) is 15.3. The molecule has 0 aliphatic heterocycles. The Morgan fingerprint density at radius 2 is 2.00 bits per heavy atom. The van der Waals surface area contributed by atoms with Gasteiger partial charge in [-0.3, -0.25) is 0 Å². The molecule has 0 heterocycles. The fraction of sp³-hybridized carbons (Fsp3) is 0.600. The van der Waals surface area contributed by atoms with Crippen molar-refractivity contribution in [1.29, 1.82) is 0 Å². The van der Waals surface area contributed by atoms with Gasteiger partial charge in [-0.2, -0.15) is 0 Å². The van der Waals surface area contributed by atoms with Crippen molar-refractivity contribution >= 4 is 27.5 Å². The summed E-state index contributed by atoms with van der Waals surface area (Å²) in [6.07, 6.45) is 4.98. The lowest BCUT2D eigenvalue weighted by atomic mass is 9.79. The van der Waals surface area contributed by atoms with Gasteiger partial charge in [0.25, 0.3) is 0 Å². The SMILES string of the molecule is OCC1CCCCC1CNCc1ccc(Br)c(Cl)c1. The largest absolute Gasteiger partial charge is 0.396 e. The lowest BCUT2D eigenvalue weighted by Gasteiger charge is -2.30. The van der Waals surface area contributed by atoms with Crippen LogP contribution in [0.1, 0.15) is 31.2 Å². The van der Waals surface area contributed by atoms with Crippen LogP contribution in [0.4, 0.5) is 0 Å². The molecule has 1 aromatic carbocycles. The van der Waals surface area contributed by atoms with Crippen molar-refractivity contribution in [2.75, 3.05) is 13.2 Å². The fourth-order valence-corrected chi connectivity index (χ4v) is 3.29. The smallest absolute Gasteiger partial charge is 0.0551 e. The number of aliphatic hydroxyl groups excluding tert-OH is 1. The highest BCUT2D eigenvalue weighted by Gasteiger charge is 2.23. The molecule has 1 aliphatic carbocycles. The first-order chi connectivity index (χ1) is 9.20. The van der Waals surface area contributed by atoms with Gasteiger partial charge >= 0.3 is 0 Å². The first-order valence-corrected chi connectivity index (χ1v) is 8.13. The second kappa shape index (κ2) is 7.63. The molecule has 4 heteroatoms. The monoisotopic (exact) mass is 345 g/mol. The van der Waals surface area contributed by atoms with Gasteiger partial charge in [0.2, 0.25) is 0 Å². The Labute approximate surface area is 128 Å². The van der Waals surface area contributed by atoms with Crippen LogP contribution in [0.25, 0.3) is 0 Å². The number of rotatable bonds is 5. The Balaban J connectivity index is 1.80. The summed E-state index contributed by atoms with van der Waals surface area (Å²) in [5.74, 6) is 1.10. The number of nitrogens with one attached hydrogen (secondary N) is 1. The van der Waals surface area contributed by atoms with Crippen LogP contribution in [0.15, 0.2) is 22.7 Å². The maximum absolute atomic E-state index is 9.39. The van der Waals surface area contributed by atoms with Crippen molar-refractivity contribution in [3.05, 3.63) is 33.3 Å². The normalized spacial score (nSPS) is 23.5. The van der Waals surface area contributed by atoms with E-state index in [1.54, 1.807) is 0 Å². The summed E-state index contributed by atoms with van der Waals surface area (Å²) in [5.41, 5.74) is 1.20. The summed E-state index contributed by atoms with van der Waals surface area (Å²) in [6.45, 7) is 2.15. The van der Waals surface area contributed by atoms with Crippen molar-refractivity contribution in [3.63, 3.8) is 0 Å². The van der Waals surface area contributed by atoms with Crippen LogP contribution in [-0.2, 0) is 6.54 Å². The lowest BCUT2D eigenvalue weighted by molar-refractivity contribution is 0.133. The third kappa shape index (κ3) is 4.45. The van der Waals surface area contributed by atoms with E-state index in [1.807, 2.05) is 12.1 Å². The number of benzene rings is 1. The second-order valence-electron chi connectivity index (χ2n) is 5.37. The quantitative estimate of drug-likeness (QED) is 0.845. The summed E-state index contributed by atoms with van der Waals surface area (Å²) in [7, 11) is 0. The minimum absolute atomic E-state index is 0.330. The van der Waals surface area contributed by atoms with Crippen LogP contribution in [0, 0.1) is 11.8 Å². The summed E-state index contributed by atoms with van der Waals surface area (Å²) in [4.78, 5) is 0.